The second-order valence-corrected chi connectivity index (χ2v) is 5.96. The Bertz CT molecular complexity index is 527. The Morgan fingerprint density at radius 3 is 1.40 bits per heavy atom. The lowest BCUT2D eigenvalue weighted by Crippen LogP contribution is -2.28. The van der Waals surface area contributed by atoms with Crippen molar-refractivity contribution in [3.8, 4) is 0 Å². The standard InChI is InChI=1S/CH4N2O9S3/c4-13(5,6)1(14(7,8)9)2-3-15(10,11)12/h3H,(H,4,5,6)(H,7,8,9)(H,10,11,12). The zero-order valence-electron chi connectivity index (χ0n) is 6.46. The molecule has 11 nitrogen and oxygen atoms in total. The Morgan fingerprint density at radius 2 is 1.20 bits per heavy atom. The maximum Gasteiger partial charge on any atom is 0.372 e. The van der Waals surface area contributed by atoms with Gasteiger partial charge in [0.1, 0.15) is 0 Å². The highest BCUT2D eigenvalue weighted by Gasteiger charge is 2.30. The molecule has 4 N–H and O–H groups in total. The van der Waals surface area contributed by atoms with Crippen LogP contribution in [0.25, 0.3) is 0 Å². The third kappa shape index (κ3) is 5.60. The van der Waals surface area contributed by atoms with Crippen molar-refractivity contribution in [2.75, 3.05) is 0 Å². The van der Waals surface area contributed by atoms with Gasteiger partial charge in [0, 0.05) is 0 Å². The molecule has 0 rings (SSSR count). The molecule has 0 aromatic rings. The zero-order chi connectivity index (χ0) is 12.5. The summed E-state index contributed by atoms with van der Waals surface area (Å²) in [7, 11) is -16.0. The van der Waals surface area contributed by atoms with Crippen molar-refractivity contribution in [2.24, 2.45) is 5.10 Å². The van der Waals surface area contributed by atoms with E-state index >= 15 is 0 Å². The Morgan fingerprint density at radius 1 is 0.867 bits per heavy atom. The summed E-state index contributed by atoms with van der Waals surface area (Å²) in [6.45, 7) is 0. The maximum atomic E-state index is 10.3. The van der Waals surface area contributed by atoms with Crippen molar-refractivity contribution in [1.82, 2.24) is 4.83 Å². The summed E-state index contributed by atoms with van der Waals surface area (Å²) >= 11 is 0. The minimum atomic E-state index is -5.47. The number of nitrogens with one attached hydrogen (secondary N) is 1. The maximum absolute atomic E-state index is 10.3. The lowest BCUT2D eigenvalue weighted by molar-refractivity contribution is 0.470. The molecule has 0 radical (unpaired) electrons. The van der Waals surface area contributed by atoms with E-state index in [0.717, 1.165) is 0 Å². The van der Waals surface area contributed by atoms with Crippen LogP contribution in [-0.4, -0.2) is 43.3 Å². The molecule has 0 saturated heterocycles. The summed E-state index contributed by atoms with van der Waals surface area (Å²) in [6.07, 6.45) is 0. The van der Waals surface area contributed by atoms with Gasteiger partial charge in [-0.05, 0) is 0 Å². The number of nitrogens with zero attached hydrogens (tertiary/aromatic N) is 1. The number of hydrogen-bond donors (Lipinski definition) is 4. The van der Waals surface area contributed by atoms with Gasteiger partial charge in [-0.3, -0.25) is 13.7 Å². The quantitative estimate of drug-likeness (QED) is 0.183. The van der Waals surface area contributed by atoms with E-state index in [0.29, 0.717) is 4.83 Å². The molecule has 90 valence electrons. The molecule has 0 aromatic heterocycles. The molecule has 0 heterocycles. The molecule has 0 aliphatic rings. The largest absolute Gasteiger partial charge is 0.372 e. The van der Waals surface area contributed by atoms with E-state index in [4.69, 9.17) is 13.7 Å². The monoisotopic (exact) mass is 284 g/mol. The van der Waals surface area contributed by atoms with Crippen LogP contribution < -0.4 is 4.83 Å². The van der Waals surface area contributed by atoms with Gasteiger partial charge in [-0.2, -0.15) is 30.1 Å². The van der Waals surface area contributed by atoms with Gasteiger partial charge < -0.3 is 0 Å². The number of hydrazone groups is 1. The minimum absolute atomic E-state index is 0.672. The predicted molar refractivity (Wildman–Crippen MR) is 45.2 cm³/mol. The number of rotatable bonds is 2. The highest BCUT2D eigenvalue weighted by Crippen LogP contribution is 1.97. The topological polar surface area (TPSA) is 187 Å². The van der Waals surface area contributed by atoms with Crippen LogP contribution in [0.3, 0.4) is 0 Å². The molecule has 0 fully saturated rings. The first-order valence-corrected chi connectivity index (χ1v) is 6.93. The van der Waals surface area contributed by atoms with Crippen LogP contribution in [-0.2, 0) is 30.5 Å². The molecule has 0 aromatic carbocycles. The van der Waals surface area contributed by atoms with E-state index in [2.05, 4.69) is 5.10 Å². The Labute approximate surface area is 84.2 Å². The van der Waals surface area contributed by atoms with Crippen LogP contribution in [0.15, 0.2) is 5.10 Å². The van der Waals surface area contributed by atoms with Crippen LogP contribution in [0.5, 0.6) is 0 Å². The fraction of sp³-hybridized carbons (Fsp3) is 0. The van der Waals surface area contributed by atoms with E-state index in [-0.39, 0.29) is 0 Å². The summed E-state index contributed by atoms with van der Waals surface area (Å²) < 4.78 is 83.1. The van der Waals surface area contributed by atoms with Gasteiger partial charge in [0.25, 0.3) is 0 Å². The van der Waals surface area contributed by atoms with Gasteiger partial charge in [0.15, 0.2) is 0 Å². The van der Waals surface area contributed by atoms with Gasteiger partial charge >= 0.3 is 34.9 Å². The molecule has 15 heavy (non-hydrogen) atoms. The molecule has 0 saturated carbocycles. The molecule has 0 spiro atoms. The van der Waals surface area contributed by atoms with Crippen LogP contribution in [0.4, 0.5) is 0 Å². The van der Waals surface area contributed by atoms with Crippen molar-refractivity contribution in [2.45, 2.75) is 0 Å². The molecule has 0 atom stereocenters. The highest BCUT2D eigenvalue weighted by molar-refractivity contribution is 8.27. The summed E-state index contributed by atoms with van der Waals surface area (Å²) in [5, 5.41) is 2.09. The molecular formula is CH4N2O9S3. The second-order valence-electron chi connectivity index (χ2n) is 1.89. The predicted octanol–water partition coefficient (Wildman–Crippen LogP) is -2.57. The van der Waals surface area contributed by atoms with Crippen LogP contribution in [0.1, 0.15) is 0 Å². The lowest BCUT2D eigenvalue weighted by Gasteiger charge is -1.98. The van der Waals surface area contributed by atoms with Crippen molar-refractivity contribution in [3.63, 3.8) is 0 Å². The normalized spacial score (nSPS) is 13.3. The molecule has 0 aliphatic carbocycles. The third-order valence-electron chi connectivity index (χ3n) is 0.694. The van der Waals surface area contributed by atoms with E-state index in [1.165, 1.54) is 0 Å². The average molecular weight is 284 g/mol. The summed E-state index contributed by atoms with van der Waals surface area (Å²) in [5.74, 6) is 0. The van der Waals surface area contributed by atoms with Crippen molar-refractivity contribution in [3.05, 3.63) is 0 Å². The van der Waals surface area contributed by atoms with E-state index in [1.54, 1.807) is 0 Å². The summed E-state index contributed by atoms with van der Waals surface area (Å²) in [5.41, 5.74) is 0. The Hall–Kier alpha value is -0.800. The molecule has 0 unspecified atom stereocenters. The van der Waals surface area contributed by atoms with Gasteiger partial charge in [-0.25, -0.2) is 0 Å². The first kappa shape index (κ1) is 14.2. The van der Waals surface area contributed by atoms with Crippen LogP contribution >= 0.6 is 0 Å². The summed E-state index contributed by atoms with van der Waals surface area (Å²) in [4.78, 5) is 0.672. The first-order chi connectivity index (χ1) is 6.34. The fourth-order valence-corrected chi connectivity index (χ4v) is 2.05. The molecule has 14 heteroatoms. The van der Waals surface area contributed by atoms with Crippen LogP contribution in [0, 0.1) is 0 Å². The van der Waals surface area contributed by atoms with Gasteiger partial charge in [0.05, 0.1) is 0 Å². The summed E-state index contributed by atoms with van der Waals surface area (Å²) in [6, 6.07) is 0. The zero-order valence-corrected chi connectivity index (χ0v) is 8.91. The molecule has 0 bridgehead atoms. The molecule has 0 aliphatic heterocycles. The van der Waals surface area contributed by atoms with E-state index in [1.807, 2.05) is 0 Å². The lowest BCUT2D eigenvalue weighted by atomic mass is 11.7. The second kappa shape index (κ2) is 3.99. The van der Waals surface area contributed by atoms with E-state index in [9.17, 15) is 25.3 Å². The SMILES string of the molecule is O=S(=O)(O)NN=C(S(=O)(=O)O)S(=O)(=O)O. The average Bonchev–Trinajstić information content (AvgIpc) is 1.75. The molecular weight excluding hydrogens is 280 g/mol. The Kier molecular flexibility index (Phi) is 3.77. The third-order valence-corrected chi connectivity index (χ3v) is 3.34. The first-order valence-electron chi connectivity index (χ1n) is 2.61. The van der Waals surface area contributed by atoms with Crippen molar-refractivity contribution >= 4 is 34.9 Å². The van der Waals surface area contributed by atoms with Crippen molar-refractivity contribution < 1.29 is 38.9 Å². The van der Waals surface area contributed by atoms with E-state index < -0.39 is 34.9 Å². The van der Waals surface area contributed by atoms with Crippen LogP contribution in [0.2, 0.25) is 0 Å². The van der Waals surface area contributed by atoms with Gasteiger partial charge in [0.2, 0.25) is 0 Å². The van der Waals surface area contributed by atoms with Crippen molar-refractivity contribution in [1.29, 1.82) is 0 Å². The van der Waals surface area contributed by atoms with Gasteiger partial charge in [-0.15, -0.1) is 5.10 Å². The molecule has 0 amide bonds. The number of hydrogen-bond acceptors (Lipinski definition) is 7. The Balaban J connectivity index is 5.57. The minimum Gasteiger partial charge on any atom is -0.280 e. The van der Waals surface area contributed by atoms with Gasteiger partial charge in [-0.1, -0.05) is 0 Å². The fourth-order valence-electron chi connectivity index (χ4n) is 0.343. The smallest absolute Gasteiger partial charge is 0.280 e. The highest BCUT2D eigenvalue weighted by atomic mass is 32.3.